The van der Waals surface area contributed by atoms with Crippen molar-refractivity contribution in [3.05, 3.63) is 65.4 Å². The van der Waals surface area contributed by atoms with Gasteiger partial charge in [-0.25, -0.2) is 4.79 Å². The highest BCUT2D eigenvalue weighted by Crippen LogP contribution is 2.29. The Hall–Kier alpha value is -2.83. The predicted octanol–water partition coefficient (Wildman–Crippen LogP) is 3.19. The number of nitrogens with zero attached hydrogens (tertiary/aromatic N) is 1. The van der Waals surface area contributed by atoms with Crippen molar-refractivity contribution < 1.29 is 19.4 Å². The molecule has 0 unspecified atom stereocenters. The molecule has 0 spiro atoms. The lowest BCUT2D eigenvalue weighted by Crippen LogP contribution is -2.31. The lowest BCUT2D eigenvalue weighted by molar-refractivity contribution is 0.0527. The number of carbonyl (C=O) groups is 1. The van der Waals surface area contributed by atoms with Crippen molar-refractivity contribution >= 4 is 16.9 Å². The fourth-order valence-corrected chi connectivity index (χ4v) is 3.33. The number of hydrogen-bond donors (Lipinski definition) is 2. The molecule has 0 saturated carbocycles. The van der Waals surface area contributed by atoms with Crippen LogP contribution in [-0.2, 0) is 18.3 Å². The minimum atomic E-state index is -0.642. The molecule has 1 aromatic heterocycles. The summed E-state index contributed by atoms with van der Waals surface area (Å²) in [7, 11) is 1.92. The van der Waals surface area contributed by atoms with Gasteiger partial charge in [0.25, 0.3) is 0 Å². The van der Waals surface area contributed by atoms with Crippen LogP contribution in [0.3, 0.4) is 0 Å². The van der Waals surface area contributed by atoms with Gasteiger partial charge in [-0.2, -0.15) is 0 Å². The van der Waals surface area contributed by atoms with E-state index in [1.54, 1.807) is 6.92 Å². The third-order valence-electron chi connectivity index (χ3n) is 4.94. The van der Waals surface area contributed by atoms with Gasteiger partial charge in [-0.05, 0) is 37.6 Å². The summed E-state index contributed by atoms with van der Waals surface area (Å²) in [4.78, 5) is 12.4. The number of fused-ring (bicyclic) bond motifs is 1. The highest BCUT2D eigenvalue weighted by molar-refractivity contribution is 6.06. The van der Waals surface area contributed by atoms with Gasteiger partial charge in [-0.1, -0.05) is 30.3 Å². The van der Waals surface area contributed by atoms with Gasteiger partial charge in [0, 0.05) is 36.7 Å². The van der Waals surface area contributed by atoms with Gasteiger partial charge in [0.05, 0.1) is 12.2 Å². The minimum Gasteiger partial charge on any atom is -0.491 e. The molecular formula is C23H28N2O4. The Bertz CT molecular complexity index is 966. The van der Waals surface area contributed by atoms with Crippen LogP contribution in [0.4, 0.5) is 0 Å². The highest BCUT2D eigenvalue weighted by atomic mass is 16.5. The van der Waals surface area contributed by atoms with Gasteiger partial charge in [0.2, 0.25) is 0 Å². The first-order valence-corrected chi connectivity index (χ1v) is 9.83. The van der Waals surface area contributed by atoms with E-state index in [2.05, 4.69) is 5.32 Å². The standard InChI is InChI=1S/C23H28N2O4/c1-4-28-23(27)22-16(2)25(3)21-11-10-19(12-20(21)22)29-15-18(26)14-24-13-17-8-6-5-7-9-17/h5-12,18,24,26H,4,13-15H2,1-3H3/t18-/m1/s1. The van der Waals surface area contributed by atoms with Crippen molar-refractivity contribution in [1.29, 1.82) is 0 Å². The molecule has 0 aliphatic heterocycles. The number of hydrogen-bond acceptors (Lipinski definition) is 5. The maximum absolute atomic E-state index is 12.4. The lowest BCUT2D eigenvalue weighted by Gasteiger charge is -2.13. The van der Waals surface area contributed by atoms with E-state index in [0.717, 1.165) is 22.2 Å². The topological polar surface area (TPSA) is 72.7 Å². The average Bonchev–Trinajstić information content (AvgIpc) is 2.97. The first-order valence-electron chi connectivity index (χ1n) is 9.83. The molecule has 29 heavy (non-hydrogen) atoms. The van der Waals surface area contributed by atoms with Crippen LogP contribution in [0, 0.1) is 6.92 Å². The number of aliphatic hydroxyl groups is 1. The fourth-order valence-electron chi connectivity index (χ4n) is 3.33. The molecule has 3 aromatic rings. The van der Waals surface area contributed by atoms with Gasteiger partial charge in [0.1, 0.15) is 18.5 Å². The van der Waals surface area contributed by atoms with Gasteiger partial charge in [-0.3, -0.25) is 0 Å². The van der Waals surface area contributed by atoms with Crippen LogP contribution in [0.2, 0.25) is 0 Å². The van der Waals surface area contributed by atoms with Gasteiger partial charge in [0.15, 0.2) is 0 Å². The summed E-state index contributed by atoms with van der Waals surface area (Å²) in [5.41, 5.74) is 3.50. The summed E-state index contributed by atoms with van der Waals surface area (Å²) < 4.78 is 12.9. The van der Waals surface area contributed by atoms with Gasteiger partial charge >= 0.3 is 5.97 Å². The van der Waals surface area contributed by atoms with Crippen molar-refractivity contribution in [3.63, 3.8) is 0 Å². The zero-order valence-corrected chi connectivity index (χ0v) is 17.1. The Kier molecular flexibility index (Phi) is 6.90. The van der Waals surface area contributed by atoms with Crippen LogP contribution < -0.4 is 10.1 Å². The Labute approximate surface area is 171 Å². The predicted molar refractivity (Wildman–Crippen MR) is 113 cm³/mol. The second kappa shape index (κ2) is 9.58. The van der Waals surface area contributed by atoms with Crippen LogP contribution in [0.25, 0.3) is 10.9 Å². The summed E-state index contributed by atoms with van der Waals surface area (Å²) in [6.45, 7) is 5.29. The summed E-state index contributed by atoms with van der Waals surface area (Å²) in [6, 6.07) is 15.6. The summed E-state index contributed by atoms with van der Waals surface area (Å²) in [6.07, 6.45) is -0.642. The number of aromatic nitrogens is 1. The third-order valence-corrected chi connectivity index (χ3v) is 4.94. The van der Waals surface area contributed by atoms with Crippen LogP contribution >= 0.6 is 0 Å². The number of aliphatic hydroxyl groups excluding tert-OH is 1. The molecule has 2 N–H and O–H groups in total. The third kappa shape index (κ3) is 4.96. The number of rotatable bonds is 9. The van der Waals surface area contributed by atoms with E-state index in [9.17, 15) is 9.90 Å². The SMILES string of the molecule is CCOC(=O)c1c(C)n(C)c2ccc(OC[C@H](O)CNCc3ccccc3)cc12. The highest BCUT2D eigenvalue weighted by Gasteiger charge is 2.20. The molecule has 0 amide bonds. The van der Waals surface area contributed by atoms with E-state index in [1.807, 2.05) is 67.1 Å². The van der Waals surface area contributed by atoms with Crippen molar-refractivity contribution in [2.45, 2.75) is 26.5 Å². The largest absolute Gasteiger partial charge is 0.491 e. The molecule has 1 heterocycles. The number of ether oxygens (including phenoxy) is 2. The van der Waals surface area contributed by atoms with Gasteiger partial charge in [-0.15, -0.1) is 0 Å². The maximum atomic E-state index is 12.4. The molecule has 0 aliphatic rings. The lowest BCUT2D eigenvalue weighted by atomic mass is 10.1. The molecule has 0 radical (unpaired) electrons. The molecule has 154 valence electrons. The van der Waals surface area contributed by atoms with E-state index in [4.69, 9.17) is 9.47 Å². The van der Waals surface area contributed by atoms with E-state index in [0.29, 0.717) is 31.0 Å². The first-order chi connectivity index (χ1) is 14.0. The van der Waals surface area contributed by atoms with E-state index < -0.39 is 6.10 Å². The molecule has 3 rings (SSSR count). The van der Waals surface area contributed by atoms with E-state index in [-0.39, 0.29) is 12.6 Å². The second-order valence-electron chi connectivity index (χ2n) is 7.00. The van der Waals surface area contributed by atoms with Crippen molar-refractivity contribution in [1.82, 2.24) is 9.88 Å². The monoisotopic (exact) mass is 396 g/mol. The Morgan fingerprint density at radius 3 is 2.69 bits per heavy atom. The van der Waals surface area contributed by atoms with E-state index >= 15 is 0 Å². The van der Waals surface area contributed by atoms with E-state index in [1.165, 1.54) is 0 Å². The molecule has 6 heteroatoms. The number of esters is 1. The molecule has 1 atom stereocenters. The van der Waals surface area contributed by atoms with Crippen LogP contribution in [0.5, 0.6) is 5.75 Å². The van der Waals surface area contributed by atoms with Crippen LogP contribution in [-0.4, -0.2) is 41.5 Å². The second-order valence-corrected chi connectivity index (χ2v) is 7.00. The Morgan fingerprint density at radius 2 is 1.97 bits per heavy atom. The molecule has 2 aromatic carbocycles. The summed E-state index contributed by atoms with van der Waals surface area (Å²) in [5.74, 6) is 0.272. The normalized spacial score (nSPS) is 12.1. The number of benzene rings is 2. The Balaban J connectivity index is 1.62. The molecule has 0 aliphatic carbocycles. The quantitative estimate of drug-likeness (QED) is 0.544. The molecule has 0 bridgehead atoms. The zero-order valence-electron chi connectivity index (χ0n) is 17.1. The summed E-state index contributed by atoms with van der Waals surface area (Å²) in [5, 5.41) is 14.2. The van der Waals surface area contributed by atoms with Crippen molar-refractivity contribution in [2.24, 2.45) is 7.05 Å². The average molecular weight is 396 g/mol. The first kappa shape index (κ1) is 20.9. The fraction of sp³-hybridized carbons (Fsp3) is 0.348. The maximum Gasteiger partial charge on any atom is 0.340 e. The molecule has 6 nitrogen and oxygen atoms in total. The van der Waals surface area contributed by atoms with Crippen LogP contribution in [0.15, 0.2) is 48.5 Å². The molecular weight excluding hydrogens is 368 g/mol. The van der Waals surface area contributed by atoms with Crippen LogP contribution in [0.1, 0.15) is 28.5 Å². The number of nitrogens with one attached hydrogen (secondary N) is 1. The van der Waals surface area contributed by atoms with Crippen molar-refractivity contribution in [2.75, 3.05) is 19.8 Å². The molecule has 0 fully saturated rings. The smallest absolute Gasteiger partial charge is 0.340 e. The zero-order chi connectivity index (χ0) is 20.8. The minimum absolute atomic E-state index is 0.161. The van der Waals surface area contributed by atoms with Crippen molar-refractivity contribution in [3.8, 4) is 5.75 Å². The molecule has 0 saturated heterocycles. The Morgan fingerprint density at radius 1 is 1.21 bits per heavy atom. The number of aryl methyl sites for hydroxylation is 1. The van der Waals surface area contributed by atoms with Gasteiger partial charge < -0.3 is 24.5 Å². The summed E-state index contributed by atoms with van der Waals surface area (Å²) >= 11 is 0. The number of carbonyl (C=O) groups excluding carboxylic acids is 1.